The van der Waals surface area contributed by atoms with Crippen LogP contribution in [0.4, 0.5) is 0 Å². The lowest BCUT2D eigenvalue weighted by Crippen LogP contribution is -2.48. The quantitative estimate of drug-likeness (QED) is 0.892. The maximum Gasteiger partial charge on any atom is 0.211 e. The van der Waals surface area contributed by atoms with Crippen molar-refractivity contribution in [1.82, 2.24) is 4.90 Å². The van der Waals surface area contributed by atoms with E-state index in [1.807, 2.05) is 47.5 Å². The summed E-state index contributed by atoms with van der Waals surface area (Å²) < 4.78 is 17.1. The van der Waals surface area contributed by atoms with Crippen LogP contribution in [-0.4, -0.2) is 54.7 Å². The van der Waals surface area contributed by atoms with Crippen LogP contribution in [0, 0.1) is 0 Å². The molecule has 1 N–H and O–H groups in total. The van der Waals surface area contributed by atoms with E-state index in [0.717, 1.165) is 18.4 Å². The SMILES string of the molecule is COC1=NCN([C@H]2CC[C@H](OCc3ccccc3)[C@@H](CO)O2)C=C1. The Morgan fingerprint density at radius 1 is 1.29 bits per heavy atom. The average Bonchev–Trinajstić information content (AvgIpc) is 2.67. The highest BCUT2D eigenvalue weighted by Gasteiger charge is 2.34. The van der Waals surface area contributed by atoms with Crippen molar-refractivity contribution in [2.75, 3.05) is 20.4 Å². The van der Waals surface area contributed by atoms with Crippen LogP contribution in [-0.2, 0) is 20.8 Å². The summed E-state index contributed by atoms with van der Waals surface area (Å²) >= 11 is 0. The molecule has 0 aromatic heterocycles. The standard InChI is InChI=1S/C18H24N2O4/c1-22-17-9-10-20(13-19-17)18-8-7-15(16(11-21)24-18)23-12-14-5-3-2-4-6-14/h2-6,9-10,15-16,18,21H,7-8,11-13H2,1H3/t15-,16+,18+/m0/s1. The molecular formula is C18H24N2O4. The van der Waals surface area contributed by atoms with Crippen molar-refractivity contribution in [3.8, 4) is 0 Å². The molecule has 0 saturated carbocycles. The van der Waals surface area contributed by atoms with Gasteiger partial charge in [0, 0.05) is 12.3 Å². The van der Waals surface area contributed by atoms with E-state index in [2.05, 4.69) is 4.99 Å². The number of aliphatic hydroxyl groups is 1. The van der Waals surface area contributed by atoms with E-state index >= 15 is 0 Å². The van der Waals surface area contributed by atoms with E-state index in [9.17, 15) is 5.11 Å². The first-order valence-corrected chi connectivity index (χ1v) is 8.24. The Hall–Kier alpha value is -1.89. The summed E-state index contributed by atoms with van der Waals surface area (Å²) in [6.45, 7) is 0.971. The Kier molecular flexibility index (Phi) is 5.85. The van der Waals surface area contributed by atoms with Crippen LogP contribution in [0.15, 0.2) is 47.6 Å². The third-order valence-corrected chi connectivity index (χ3v) is 4.31. The zero-order valence-electron chi connectivity index (χ0n) is 13.9. The molecule has 0 aliphatic carbocycles. The van der Waals surface area contributed by atoms with Gasteiger partial charge in [-0.1, -0.05) is 30.3 Å². The monoisotopic (exact) mass is 332 g/mol. The van der Waals surface area contributed by atoms with E-state index in [4.69, 9.17) is 14.2 Å². The first-order valence-electron chi connectivity index (χ1n) is 8.24. The second-order valence-electron chi connectivity index (χ2n) is 5.90. The zero-order valence-corrected chi connectivity index (χ0v) is 13.9. The summed E-state index contributed by atoms with van der Waals surface area (Å²) in [6, 6.07) is 10.0. The molecule has 3 atom stereocenters. The molecule has 3 rings (SSSR count). The van der Waals surface area contributed by atoms with Gasteiger partial charge in [0.05, 0.1) is 26.4 Å². The predicted octanol–water partition coefficient (Wildman–Crippen LogP) is 1.90. The molecule has 6 nitrogen and oxygen atoms in total. The number of aliphatic imine (C=N–C) groups is 1. The number of benzene rings is 1. The van der Waals surface area contributed by atoms with Gasteiger partial charge in [-0.05, 0) is 18.4 Å². The zero-order chi connectivity index (χ0) is 16.8. The maximum atomic E-state index is 9.67. The van der Waals surface area contributed by atoms with Crippen LogP contribution >= 0.6 is 0 Å². The van der Waals surface area contributed by atoms with Crippen LogP contribution in [0.5, 0.6) is 0 Å². The minimum Gasteiger partial charge on any atom is -0.481 e. The summed E-state index contributed by atoms with van der Waals surface area (Å²) in [4.78, 5) is 6.32. The number of hydrogen-bond acceptors (Lipinski definition) is 6. The second kappa shape index (κ2) is 8.28. The number of rotatable bonds is 5. The molecule has 0 unspecified atom stereocenters. The fourth-order valence-electron chi connectivity index (χ4n) is 2.95. The minimum atomic E-state index is -0.325. The van der Waals surface area contributed by atoms with Crippen molar-refractivity contribution < 1.29 is 19.3 Å². The first-order chi connectivity index (χ1) is 11.8. The molecule has 6 heteroatoms. The highest BCUT2D eigenvalue weighted by molar-refractivity contribution is 5.87. The minimum absolute atomic E-state index is 0.0555. The van der Waals surface area contributed by atoms with E-state index in [0.29, 0.717) is 19.2 Å². The second-order valence-corrected chi connectivity index (χ2v) is 5.90. The van der Waals surface area contributed by atoms with Gasteiger partial charge in [-0.15, -0.1) is 0 Å². The fraction of sp³-hybridized carbons (Fsp3) is 0.500. The van der Waals surface area contributed by atoms with Crippen molar-refractivity contribution in [1.29, 1.82) is 0 Å². The molecule has 24 heavy (non-hydrogen) atoms. The van der Waals surface area contributed by atoms with Crippen molar-refractivity contribution in [3.05, 3.63) is 48.2 Å². The normalized spacial score (nSPS) is 27.0. The average molecular weight is 332 g/mol. The fourth-order valence-corrected chi connectivity index (χ4v) is 2.95. The van der Waals surface area contributed by atoms with Gasteiger partial charge >= 0.3 is 0 Å². The Labute approximate surface area is 142 Å². The highest BCUT2D eigenvalue weighted by atomic mass is 16.6. The van der Waals surface area contributed by atoms with Crippen LogP contribution in [0.25, 0.3) is 0 Å². The number of nitrogens with zero attached hydrogens (tertiary/aromatic N) is 2. The van der Waals surface area contributed by atoms with E-state index < -0.39 is 0 Å². The predicted molar refractivity (Wildman–Crippen MR) is 90.3 cm³/mol. The molecule has 1 saturated heterocycles. The molecule has 2 heterocycles. The van der Waals surface area contributed by atoms with Gasteiger partial charge < -0.3 is 24.2 Å². The third-order valence-electron chi connectivity index (χ3n) is 4.31. The molecule has 1 aromatic rings. The van der Waals surface area contributed by atoms with Gasteiger partial charge in [0.1, 0.15) is 19.0 Å². The van der Waals surface area contributed by atoms with Crippen molar-refractivity contribution in [3.63, 3.8) is 0 Å². The lowest BCUT2D eigenvalue weighted by molar-refractivity contribution is -0.189. The van der Waals surface area contributed by atoms with Gasteiger partial charge in [0.15, 0.2) is 0 Å². The molecule has 2 aliphatic rings. The summed E-state index contributed by atoms with van der Waals surface area (Å²) in [5, 5.41) is 9.67. The Bertz CT molecular complexity index is 576. The number of hydrogen-bond donors (Lipinski definition) is 1. The molecule has 130 valence electrons. The molecule has 0 bridgehead atoms. The van der Waals surface area contributed by atoms with Crippen LogP contribution in [0.1, 0.15) is 18.4 Å². The molecule has 2 aliphatic heterocycles. The molecule has 0 radical (unpaired) electrons. The van der Waals surface area contributed by atoms with Crippen molar-refractivity contribution >= 4 is 5.90 Å². The molecule has 1 fully saturated rings. The van der Waals surface area contributed by atoms with Crippen molar-refractivity contribution in [2.24, 2.45) is 4.99 Å². The van der Waals surface area contributed by atoms with Crippen LogP contribution < -0.4 is 0 Å². The molecular weight excluding hydrogens is 308 g/mol. The largest absolute Gasteiger partial charge is 0.481 e. The van der Waals surface area contributed by atoms with E-state index in [1.165, 1.54) is 0 Å². The topological polar surface area (TPSA) is 63.5 Å². The van der Waals surface area contributed by atoms with E-state index in [1.54, 1.807) is 7.11 Å². The summed E-state index contributed by atoms with van der Waals surface area (Å²) in [6.07, 6.45) is 4.89. The van der Waals surface area contributed by atoms with Crippen LogP contribution in [0.2, 0.25) is 0 Å². The number of ether oxygens (including phenoxy) is 3. The van der Waals surface area contributed by atoms with Gasteiger partial charge in [0.25, 0.3) is 0 Å². The molecule has 0 amide bonds. The summed E-state index contributed by atoms with van der Waals surface area (Å²) in [5.41, 5.74) is 1.12. The van der Waals surface area contributed by atoms with Gasteiger partial charge in [-0.3, -0.25) is 0 Å². The van der Waals surface area contributed by atoms with Crippen LogP contribution in [0.3, 0.4) is 0 Å². The lowest BCUT2D eigenvalue weighted by Gasteiger charge is -2.40. The highest BCUT2D eigenvalue weighted by Crippen LogP contribution is 2.26. The Balaban J connectivity index is 1.52. The smallest absolute Gasteiger partial charge is 0.211 e. The molecule has 0 spiro atoms. The summed E-state index contributed by atoms with van der Waals surface area (Å²) in [5.74, 6) is 0.616. The first kappa shape index (κ1) is 17.0. The number of aliphatic hydroxyl groups excluding tert-OH is 1. The number of methoxy groups -OCH3 is 1. The maximum absolute atomic E-state index is 9.67. The summed E-state index contributed by atoms with van der Waals surface area (Å²) in [7, 11) is 1.60. The van der Waals surface area contributed by atoms with Gasteiger partial charge in [-0.2, -0.15) is 0 Å². The lowest BCUT2D eigenvalue weighted by atomic mass is 10.0. The van der Waals surface area contributed by atoms with Crippen molar-refractivity contribution in [2.45, 2.75) is 37.9 Å². The Morgan fingerprint density at radius 2 is 2.12 bits per heavy atom. The third kappa shape index (κ3) is 4.14. The van der Waals surface area contributed by atoms with Gasteiger partial charge in [-0.25, -0.2) is 4.99 Å². The van der Waals surface area contributed by atoms with E-state index in [-0.39, 0.29) is 25.0 Å². The van der Waals surface area contributed by atoms with Gasteiger partial charge in [0.2, 0.25) is 5.90 Å². The Morgan fingerprint density at radius 3 is 2.79 bits per heavy atom. The molecule has 1 aromatic carbocycles.